The van der Waals surface area contributed by atoms with Gasteiger partial charge in [0, 0.05) is 17.8 Å². The molecule has 0 unspecified atom stereocenters. The summed E-state index contributed by atoms with van der Waals surface area (Å²) in [6.45, 7) is 5.15. The summed E-state index contributed by atoms with van der Waals surface area (Å²) in [7, 11) is 0. The normalized spacial score (nSPS) is 10.8. The van der Waals surface area contributed by atoms with Crippen molar-refractivity contribution in [2.24, 2.45) is 0 Å². The van der Waals surface area contributed by atoms with Gasteiger partial charge in [0.15, 0.2) is 0 Å². The molecule has 0 aliphatic heterocycles. The third-order valence-corrected chi connectivity index (χ3v) is 3.18. The maximum absolute atomic E-state index is 6.03. The van der Waals surface area contributed by atoms with Gasteiger partial charge in [-0.05, 0) is 31.0 Å². The molecule has 1 aromatic heterocycles. The molecule has 3 nitrogen and oxygen atoms in total. The zero-order valence-electron chi connectivity index (χ0n) is 10.1. The highest BCUT2D eigenvalue weighted by Crippen LogP contribution is 2.28. The lowest BCUT2D eigenvalue weighted by Crippen LogP contribution is -2.00. The Bertz CT molecular complexity index is 531. The van der Waals surface area contributed by atoms with Gasteiger partial charge in [-0.1, -0.05) is 24.6 Å². The molecule has 0 atom stereocenters. The summed E-state index contributed by atoms with van der Waals surface area (Å²) in [4.78, 5) is 0. The molecule has 0 saturated carbocycles. The number of rotatable bonds is 3. The van der Waals surface area contributed by atoms with Crippen LogP contribution in [0.3, 0.4) is 0 Å². The Morgan fingerprint density at radius 2 is 2.18 bits per heavy atom. The summed E-state index contributed by atoms with van der Waals surface area (Å²) in [5.74, 6) is 0. The van der Waals surface area contributed by atoms with Crippen molar-refractivity contribution in [1.82, 2.24) is 9.78 Å². The number of aromatic nitrogens is 2. The lowest BCUT2D eigenvalue weighted by molar-refractivity contribution is 0.587. The fourth-order valence-electron chi connectivity index (χ4n) is 1.86. The van der Waals surface area contributed by atoms with Gasteiger partial charge in [-0.2, -0.15) is 5.10 Å². The molecule has 0 saturated heterocycles. The van der Waals surface area contributed by atoms with Gasteiger partial charge in [0.05, 0.1) is 16.9 Å². The van der Waals surface area contributed by atoms with Gasteiger partial charge >= 0.3 is 0 Å². The van der Waals surface area contributed by atoms with Crippen LogP contribution in [0.25, 0.3) is 11.1 Å². The fraction of sp³-hybridized carbons (Fsp3) is 0.308. The standard InChI is InChI=1S/C13H16ClN3/c1-3-6-17-9(2)11(8-16-17)10-4-5-13(15)12(14)7-10/h4-5,7-8H,3,6,15H2,1-2H3. The molecule has 1 heterocycles. The van der Waals surface area contributed by atoms with E-state index in [1.165, 1.54) is 0 Å². The Hall–Kier alpha value is -1.48. The first-order valence-electron chi connectivity index (χ1n) is 5.71. The number of nitrogens with zero attached hydrogens (tertiary/aromatic N) is 2. The van der Waals surface area contributed by atoms with Crippen molar-refractivity contribution in [1.29, 1.82) is 0 Å². The highest BCUT2D eigenvalue weighted by molar-refractivity contribution is 6.33. The molecule has 17 heavy (non-hydrogen) atoms. The minimum absolute atomic E-state index is 0.588. The van der Waals surface area contributed by atoms with Gasteiger partial charge in [0.1, 0.15) is 0 Å². The molecule has 4 heteroatoms. The molecule has 0 radical (unpaired) electrons. The molecule has 2 N–H and O–H groups in total. The van der Waals surface area contributed by atoms with E-state index >= 15 is 0 Å². The zero-order valence-corrected chi connectivity index (χ0v) is 10.8. The minimum Gasteiger partial charge on any atom is -0.398 e. The van der Waals surface area contributed by atoms with Crippen molar-refractivity contribution in [3.05, 3.63) is 35.1 Å². The lowest BCUT2D eigenvalue weighted by Gasteiger charge is -2.05. The van der Waals surface area contributed by atoms with E-state index in [0.717, 1.165) is 29.8 Å². The van der Waals surface area contributed by atoms with Crippen molar-refractivity contribution < 1.29 is 0 Å². The van der Waals surface area contributed by atoms with Crippen molar-refractivity contribution in [2.45, 2.75) is 26.8 Å². The molecule has 0 spiro atoms. The van der Waals surface area contributed by atoms with E-state index in [9.17, 15) is 0 Å². The molecule has 2 rings (SSSR count). The first-order valence-corrected chi connectivity index (χ1v) is 6.09. The second-order valence-corrected chi connectivity index (χ2v) is 4.51. The average Bonchev–Trinajstić information content (AvgIpc) is 2.66. The Morgan fingerprint density at radius 1 is 1.41 bits per heavy atom. The molecule has 1 aromatic carbocycles. The van der Waals surface area contributed by atoms with Crippen LogP contribution in [-0.2, 0) is 6.54 Å². The van der Waals surface area contributed by atoms with Crippen LogP contribution in [0.4, 0.5) is 5.69 Å². The Labute approximate surface area is 106 Å². The highest BCUT2D eigenvalue weighted by atomic mass is 35.5. The number of nitrogens with two attached hydrogens (primary N) is 1. The van der Waals surface area contributed by atoms with Crippen molar-refractivity contribution >= 4 is 17.3 Å². The van der Waals surface area contributed by atoms with Gasteiger partial charge in [0.2, 0.25) is 0 Å². The van der Waals surface area contributed by atoms with Gasteiger partial charge in [-0.3, -0.25) is 4.68 Å². The number of hydrogen-bond donors (Lipinski definition) is 1. The van der Waals surface area contributed by atoms with Crippen LogP contribution in [0.1, 0.15) is 19.0 Å². The van der Waals surface area contributed by atoms with Crippen molar-refractivity contribution in [3.63, 3.8) is 0 Å². The zero-order chi connectivity index (χ0) is 12.4. The third kappa shape index (κ3) is 2.29. The van der Waals surface area contributed by atoms with E-state index < -0.39 is 0 Å². The number of nitrogen functional groups attached to an aromatic ring is 1. The van der Waals surface area contributed by atoms with Gasteiger partial charge in [-0.15, -0.1) is 0 Å². The van der Waals surface area contributed by atoms with E-state index in [1.807, 2.05) is 29.1 Å². The summed E-state index contributed by atoms with van der Waals surface area (Å²) >= 11 is 6.03. The number of anilines is 1. The first-order chi connectivity index (χ1) is 8.13. The largest absolute Gasteiger partial charge is 0.398 e. The lowest BCUT2D eigenvalue weighted by atomic mass is 10.1. The van der Waals surface area contributed by atoms with Crippen LogP contribution in [0.2, 0.25) is 5.02 Å². The predicted octanol–water partition coefficient (Wildman–Crippen LogP) is 3.50. The highest BCUT2D eigenvalue weighted by Gasteiger charge is 2.09. The van der Waals surface area contributed by atoms with E-state index in [2.05, 4.69) is 18.9 Å². The number of benzene rings is 1. The molecule has 90 valence electrons. The summed E-state index contributed by atoms with van der Waals surface area (Å²) < 4.78 is 2.01. The Morgan fingerprint density at radius 3 is 2.82 bits per heavy atom. The van der Waals surface area contributed by atoms with Crippen LogP contribution < -0.4 is 5.73 Å². The number of halogens is 1. The summed E-state index contributed by atoms with van der Waals surface area (Å²) in [5.41, 5.74) is 9.64. The number of hydrogen-bond acceptors (Lipinski definition) is 2. The maximum Gasteiger partial charge on any atom is 0.0641 e. The van der Waals surface area contributed by atoms with E-state index in [0.29, 0.717) is 10.7 Å². The van der Waals surface area contributed by atoms with E-state index in [-0.39, 0.29) is 0 Å². The van der Waals surface area contributed by atoms with E-state index in [4.69, 9.17) is 17.3 Å². The molecular formula is C13H16ClN3. The summed E-state index contributed by atoms with van der Waals surface area (Å²) in [6.07, 6.45) is 2.96. The average molecular weight is 250 g/mol. The quantitative estimate of drug-likeness (QED) is 0.846. The topological polar surface area (TPSA) is 43.8 Å². The fourth-order valence-corrected chi connectivity index (χ4v) is 2.04. The maximum atomic E-state index is 6.03. The van der Waals surface area contributed by atoms with Crippen molar-refractivity contribution in [3.8, 4) is 11.1 Å². The SMILES string of the molecule is CCCn1ncc(-c2ccc(N)c(Cl)c2)c1C. The Kier molecular flexibility index (Phi) is 3.38. The molecule has 0 aliphatic carbocycles. The van der Waals surface area contributed by atoms with E-state index in [1.54, 1.807) is 0 Å². The molecule has 0 fully saturated rings. The number of aryl methyl sites for hydroxylation is 1. The molecule has 0 aliphatic rings. The van der Waals surface area contributed by atoms with Crippen LogP contribution >= 0.6 is 11.6 Å². The Balaban J connectivity index is 2.42. The summed E-state index contributed by atoms with van der Waals surface area (Å²) in [5, 5.41) is 4.96. The smallest absolute Gasteiger partial charge is 0.0641 e. The molecule has 0 bridgehead atoms. The molecular weight excluding hydrogens is 234 g/mol. The van der Waals surface area contributed by atoms with Crippen LogP contribution in [0, 0.1) is 6.92 Å². The second-order valence-electron chi connectivity index (χ2n) is 4.10. The third-order valence-electron chi connectivity index (χ3n) is 2.85. The van der Waals surface area contributed by atoms with Gasteiger partial charge in [0.25, 0.3) is 0 Å². The van der Waals surface area contributed by atoms with Gasteiger partial charge < -0.3 is 5.73 Å². The minimum atomic E-state index is 0.588. The predicted molar refractivity (Wildman–Crippen MR) is 72.1 cm³/mol. The molecule has 0 amide bonds. The summed E-state index contributed by atoms with van der Waals surface area (Å²) in [6, 6.07) is 5.69. The van der Waals surface area contributed by atoms with Crippen LogP contribution in [0.5, 0.6) is 0 Å². The monoisotopic (exact) mass is 249 g/mol. The second kappa shape index (κ2) is 4.80. The first kappa shape index (κ1) is 12.0. The van der Waals surface area contributed by atoms with Crippen molar-refractivity contribution in [2.75, 3.05) is 5.73 Å². The molecule has 2 aromatic rings. The van der Waals surface area contributed by atoms with Crippen LogP contribution in [0.15, 0.2) is 24.4 Å². The van der Waals surface area contributed by atoms with Gasteiger partial charge in [-0.25, -0.2) is 0 Å². The van der Waals surface area contributed by atoms with Crippen LogP contribution in [-0.4, -0.2) is 9.78 Å².